The lowest BCUT2D eigenvalue weighted by Gasteiger charge is -2.34. The highest BCUT2D eigenvalue weighted by Gasteiger charge is 2.23. The van der Waals surface area contributed by atoms with Crippen LogP contribution in [0.2, 0.25) is 0 Å². The molecule has 0 saturated heterocycles. The van der Waals surface area contributed by atoms with Crippen molar-refractivity contribution in [2.45, 2.75) is 52.5 Å². The normalized spacial score (nSPS) is 11.1. The Bertz CT molecular complexity index is 478. The molecule has 22 heavy (non-hydrogen) atoms. The summed E-state index contributed by atoms with van der Waals surface area (Å²) in [5.74, 6) is 0.00735. The number of hydrogen-bond donors (Lipinski definition) is 1. The molecule has 1 rings (SSSR count). The van der Waals surface area contributed by atoms with Crippen LogP contribution >= 0.6 is 0 Å². The number of carbonyl (C=O) groups excluding carboxylic acids is 2. The molecule has 0 saturated carbocycles. The minimum Gasteiger partial charge on any atom is -0.356 e. The average molecular weight is 304 g/mol. The number of aryl methyl sites for hydroxylation is 1. The summed E-state index contributed by atoms with van der Waals surface area (Å²) in [6.07, 6.45) is 2.23. The van der Waals surface area contributed by atoms with Crippen molar-refractivity contribution in [2.24, 2.45) is 0 Å². The monoisotopic (exact) mass is 304 g/mol. The maximum absolute atomic E-state index is 11.9. The van der Waals surface area contributed by atoms with Gasteiger partial charge in [-0.1, -0.05) is 30.3 Å². The third-order valence-corrected chi connectivity index (χ3v) is 3.56. The summed E-state index contributed by atoms with van der Waals surface area (Å²) in [6, 6.07) is 10.2. The van der Waals surface area contributed by atoms with Crippen molar-refractivity contribution in [3.05, 3.63) is 35.9 Å². The summed E-state index contributed by atoms with van der Waals surface area (Å²) >= 11 is 0. The minimum atomic E-state index is -0.251. The van der Waals surface area contributed by atoms with Gasteiger partial charge < -0.3 is 10.2 Å². The molecule has 0 aliphatic heterocycles. The van der Waals surface area contributed by atoms with E-state index in [4.69, 9.17) is 0 Å². The van der Waals surface area contributed by atoms with Crippen LogP contribution in [0.3, 0.4) is 0 Å². The zero-order valence-electron chi connectivity index (χ0n) is 14.2. The molecule has 0 bridgehead atoms. The number of nitrogens with zero attached hydrogens (tertiary/aromatic N) is 1. The second kappa shape index (κ2) is 8.57. The number of amides is 2. The number of nitrogens with one attached hydrogen (secondary N) is 1. The van der Waals surface area contributed by atoms with Crippen LogP contribution in [0, 0.1) is 0 Å². The summed E-state index contributed by atoms with van der Waals surface area (Å²) in [4.78, 5) is 25.2. The predicted octanol–water partition coefficient (Wildman–Crippen LogP) is 2.77. The lowest BCUT2D eigenvalue weighted by atomic mass is 10.1. The van der Waals surface area contributed by atoms with E-state index in [2.05, 4.69) is 17.4 Å². The highest BCUT2D eigenvalue weighted by molar-refractivity contribution is 5.78. The number of rotatable bonds is 7. The fraction of sp³-hybridized carbons (Fsp3) is 0.556. The topological polar surface area (TPSA) is 49.4 Å². The van der Waals surface area contributed by atoms with Crippen LogP contribution in [0.1, 0.15) is 46.1 Å². The van der Waals surface area contributed by atoms with Crippen molar-refractivity contribution < 1.29 is 9.59 Å². The first kappa shape index (κ1) is 18.2. The van der Waals surface area contributed by atoms with Gasteiger partial charge in [-0.05, 0) is 39.2 Å². The van der Waals surface area contributed by atoms with Gasteiger partial charge in [0, 0.05) is 32.0 Å². The zero-order valence-corrected chi connectivity index (χ0v) is 14.2. The maximum atomic E-state index is 11.9. The van der Waals surface area contributed by atoms with Gasteiger partial charge in [0.2, 0.25) is 11.8 Å². The van der Waals surface area contributed by atoms with Gasteiger partial charge in [-0.2, -0.15) is 0 Å². The van der Waals surface area contributed by atoms with E-state index in [0.717, 1.165) is 12.8 Å². The van der Waals surface area contributed by atoms with Crippen molar-refractivity contribution in [3.8, 4) is 0 Å². The Balaban J connectivity index is 2.24. The lowest BCUT2D eigenvalue weighted by Crippen LogP contribution is -2.46. The number of hydrogen-bond acceptors (Lipinski definition) is 2. The van der Waals surface area contributed by atoms with E-state index < -0.39 is 0 Å². The van der Waals surface area contributed by atoms with Crippen LogP contribution in [0.15, 0.2) is 30.3 Å². The molecule has 122 valence electrons. The highest BCUT2D eigenvalue weighted by atomic mass is 16.2. The molecule has 4 nitrogen and oxygen atoms in total. The number of benzene rings is 1. The SMILES string of the molecule is CC(=O)N(CCC(=O)NCCCc1ccccc1)C(C)(C)C. The largest absolute Gasteiger partial charge is 0.356 e. The molecule has 1 aromatic carbocycles. The molecule has 1 aromatic rings. The van der Waals surface area contributed by atoms with Crippen molar-refractivity contribution in [3.63, 3.8) is 0 Å². The first-order valence-electron chi connectivity index (χ1n) is 7.89. The summed E-state index contributed by atoms with van der Waals surface area (Å²) in [5, 5.41) is 2.92. The summed E-state index contributed by atoms with van der Waals surface area (Å²) in [7, 11) is 0. The third kappa shape index (κ3) is 6.74. The van der Waals surface area contributed by atoms with Crippen LogP contribution in [0.4, 0.5) is 0 Å². The Morgan fingerprint density at radius 3 is 2.32 bits per heavy atom. The van der Waals surface area contributed by atoms with E-state index in [1.165, 1.54) is 5.56 Å². The molecule has 0 spiro atoms. The van der Waals surface area contributed by atoms with Gasteiger partial charge in [0.1, 0.15) is 0 Å². The van der Waals surface area contributed by atoms with Crippen LogP contribution < -0.4 is 5.32 Å². The zero-order chi connectivity index (χ0) is 16.6. The maximum Gasteiger partial charge on any atom is 0.221 e. The van der Waals surface area contributed by atoms with E-state index >= 15 is 0 Å². The smallest absolute Gasteiger partial charge is 0.221 e. The fourth-order valence-electron chi connectivity index (χ4n) is 2.43. The van der Waals surface area contributed by atoms with E-state index in [9.17, 15) is 9.59 Å². The molecule has 0 fully saturated rings. The summed E-state index contributed by atoms with van der Waals surface area (Å²) in [5.41, 5.74) is 1.03. The highest BCUT2D eigenvalue weighted by Crippen LogP contribution is 2.13. The molecule has 4 heteroatoms. The third-order valence-electron chi connectivity index (χ3n) is 3.56. The van der Waals surface area contributed by atoms with Crippen molar-refractivity contribution in [1.29, 1.82) is 0 Å². The Labute approximate surface area is 133 Å². The molecule has 0 heterocycles. The number of carbonyl (C=O) groups is 2. The quantitative estimate of drug-likeness (QED) is 0.788. The second-order valence-corrected chi connectivity index (χ2v) is 6.53. The Morgan fingerprint density at radius 1 is 1.14 bits per heavy atom. The van der Waals surface area contributed by atoms with Crippen LogP contribution in [0.25, 0.3) is 0 Å². The van der Waals surface area contributed by atoms with Gasteiger partial charge in [-0.15, -0.1) is 0 Å². The van der Waals surface area contributed by atoms with Crippen LogP contribution in [-0.2, 0) is 16.0 Å². The van der Waals surface area contributed by atoms with E-state index in [0.29, 0.717) is 19.5 Å². The first-order chi connectivity index (χ1) is 10.3. The van der Waals surface area contributed by atoms with Gasteiger partial charge in [0.25, 0.3) is 0 Å². The summed E-state index contributed by atoms with van der Waals surface area (Å²) in [6.45, 7) is 8.61. The molecule has 0 radical (unpaired) electrons. The van der Waals surface area contributed by atoms with Crippen molar-refractivity contribution in [1.82, 2.24) is 10.2 Å². The molecule has 0 unspecified atom stereocenters. The standard InChI is InChI=1S/C18H28N2O2/c1-15(21)20(18(2,3)4)14-12-17(22)19-13-8-11-16-9-6-5-7-10-16/h5-7,9-10H,8,11-14H2,1-4H3,(H,19,22). The lowest BCUT2D eigenvalue weighted by molar-refractivity contribution is -0.134. The molecular weight excluding hydrogens is 276 g/mol. The van der Waals surface area contributed by atoms with E-state index in [1.54, 1.807) is 11.8 Å². The Kier molecular flexibility index (Phi) is 7.09. The predicted molar refractivity (Wildman–Crippen MR) is 89.5 cm³/mol. The van der Waals surface area contributed by atoms with Crippen LogP contribution in [0.5, 0.6) is 0 Å². The van der Waals surface area contributed by atoms with E-state index in [1.807, 2.05) is 39.0 Å². The van der Waals surface area contributed by atoms with Crippen molar-refractivity contribution >= 4 is 11.8 Å². The Morgan fingerprint density at radius 2 is 1.77 bits per heavy atom. The van der Waals surface area contributed by atoms with Gasteiger partial charge in [-0.25, -0.2) is 0 Å². The average Bonchev–Trinajstić information content (AvgIpc) is 2.43. The molecule has 0 aliphatic carbocycles. The van der Waals surface area contributed by atoms with Crippen LogP contribution in [-0.4, -0.2) is 35.3 Å². The van der Waals surface area contributed by atoms with Gasteiger partial charge >= 0.3 is 0 Å². The van der Waals surface area contributed by atoms with Gasteiger partial charge in [-0.3, -0.25) is 9.59 Å². The molecule has 0 aromatic heterocycles. The first-order valence-corrected chi connectivity index (χ1v) is 7.89. The second-order valence-electron chi connectivity index (χ2n) is 6.53. The molecule has 0 aliphatic rings. The summed E-state index contributed by atoms with van der Waals surface area (Å²) < 4.78 is 0. The Hall–Kier alpha value is -1.84. The molecular formula is C18H28N2O2. The molecule has 1 N–H and O–H groups in total. The van der Waals surface area contributed by atoms with Gasteiger partial charge in [0.15, 0.2) is 0 Å². The van der Waals surface area contributed by atoms with E-state index in [-0.39, 0.29) is 17.4 Å². The molecule has 2 amide bonds. The fourth-order valence-corrected chi connectivity index (χ4v) is 2.43. The minimum absolute atomic E-state index is 0.00330. The molecule has 0 atom stereocenters. The van der Waals surface area contributed by atoms with Crippen molar-refractivity contribution in [2.75, 3.05) is 13.1 Å². The van der Waals surface area contributed by atoms with Gasteiger partial charge in [0.05, 0.1) is 0 Å².